The van der Waals surface area contributed by atoms with E-state index in [0.717, 1.165) is 0 Å². The molecule has 0 spiro atoms. The number of nitrogens with zero attached hydrogens (tertiary/aromatic N) is 3. The van der Waals surface area contributed by atoms with Gasteiger partial charge < -0.3 is 19.2 Å². The van der Waals surface area contributed by atoms with Crippen LogP contribution < -0.4 is 10.1 Å². The molecular formula is C23H21FN4O4. The normalized spacial score (nSPS) is 10.8. The van der Waals surface area contributed by atoms with Crippen LogP contribution in [0.15, 0.2) is 71.3 Å². The standard InChI is InChI=1S/C23H21FN4O4/c1-2-30-14-15-32-23-26-21(20-8-5-13-31-20)28(27-23)17-11-9-16(10-12-17)25-22(29)18-6-3-4-7-19(18)24/h3-13H,2,14-15H2,1H3,(H,25,29). The first kappa shape index (κ1) is 21.3. The summed E-state index contributed by atoms with van der Waals surface area (Å²) in [6.45, 7) is 3.25. The van der Waals surface area contributed by atoms with Gasteiger partial charge in [-0.15, -0.1) is 5.10 Å². The Morgan fingerprint density at radius 1 is 1.09 bits per heavy atom. The highest BCUT2D eigenvalue weighted by molar-refractivity contribution is 6.04. The largest absolute Gasteiger partial charge is 0.461 e. The number of rotatable bonds is 9. The Morgan fingerprint density at radius 3 is 2.62 bits per heavy atom. The molecule has 1 amide bonds. The van der Waals surface area contributed by atoms with Crippen LogP contribution in [0.2, 0.25) is 0 Å². The van der Waals surface area contributed by atoms with Crippen molar-refractivity contribution in [1.29, 1.82) is 0 Å². The number of halogens is 1. The second-order valence-electron chi connectivity index (χ2n) is 6.63. The van der Waals surface area contributed by atoms with Crippen LogP contribution in [0.3, 0.4) is 0 Å². The summed E-state index contributed by atoms with van der Waals surface area (Å²) in [5, 5.41) is 7.10. The molecule has 0 aliphatic carbocycles. The maximum absolute atomic E-state index is 13.8. The molecule has 0 bridgehead atoms. The molecule has 2 aromatic carbocycles. The second kappa shape index (κ2) is 9.88. The van der Waals surface area contributed by atoms with Gasteiger partial charge in [0.15, 0.2) is 5.76 Å². The summed E-state index contributed by atoms with van der Waals surface area (Å²) < 4.78 is 31.7. The van der Waals surface area contributed by atoms with Gasteiger partial charge in [-0.2, -0.15) is 4.98 Å². The van der Waals surface area contributed by atoms with Crippen molar-refractivity contribution in [2.45, 2.75) is 6.92 Å². The van der Waals surface area contributed by atoms with Crippen LogP contribution in [-0.4, -0.2) is 40.5 Å². The number of carbonyl (C=O) groups excluding carboxylic acids is 1. The first-order valence-electron chi connectivity index (χ1n) is 10.0. The van der Waals surface area contributed by atoms with Gasteiger partial charge in [0, 0.05) is 12.3 Å². The molecule has 0 aliphatic rings. The van der Waals surface area contributed by atoms with Gasteiger partial charge in [0.05, 0.1) is 24.1 Å². The third-order valence-electron chi connectivity index (χ3n) is 4.48. The van der Waals surface area contributed by atoms with Crippen molar-refractivity contribution in [3.63, 3.8) is 0 Å². The van der Waals surface area contributed by atoms with Crippen LogP contribution in [0.25, 0.3) is 17.3 Å². The molecule has 1 N–H and O–H groups in total. The molecule has 0 saturated heterocycles. The summed E-state index contributed by atoms with van der Waals surface area (Å²) >= 11 is 0. The van der Waals surface area contributed by atoms with Crippen LogP contribution in [0.4, 0.5) is 10.1 Å². The molecule has 2 heterocycles. The summed E-state index contributed by atoms with van der Waals surface area (Å²) in [5.41, 5.74) is 1.16. The van der Waals surface area contributed by atoms with Gasteiger partial charge in [0.1, 0.15) is 12.4 Å². The number of benzene rings is 2. The van der Waals surface area contributed by atoms with Crippen molar-refractivity contribution in [3.05, 3.63) is 78.3 Å². The van der Waals surface area contributed by atoms with E-state index < -0.39 is 11.7 Å². The minimum absolute atomic E-state index is 0.0261. The number of aromatic nitrogens is 3. The van der Waals surface area contributed by atoms with Crippen LogP contribution in [0.1, 0.15) is 17.3 Å². The van der Waals surface area contributed by atoms with Crippen molar-refractivity contribution >= 4 is 11.6 Å². The number of ether oxygens (including phenoxy) is 2. The molecule has 0 saturated carbocycles. The summed E-state index contributed by atoms with van der Waals surface area (Å²) in [6.07, 6.45) is 1.55. The average Bonchev–Trinajstić information content (AvgIpc) is 3.48. The molecule has 0 atom stereocenters. The fourth-order valence-corrected chi connectivity index (χ4v) is 2.97. The SMILES string of the molecule is CCOCCOc1nc(-c2ccco2)n(-c2ccc(NC(=O)c3ccccc3F)cc2)n1. The molecule has 164 valence electrons. The molecule has 32 heavy (non-hydrogen) atoms. The first-order chi connectivity index (χ1) is 15.7. The van der Waals surface area contributed by atoms with Crippen molar-refractivity contribution < 1.29 is 23.1 Å². The van der Waals surface area contributed by atoms with Crippen molar-refractivity contribution in [3.8, 4) is 23.3 Å². The molecular weight excluding hydrogens is 415 g/mol. The summed E-state index contributed by atoms with van der Waals surface area (Å²) in [6, 6.07) is 16.4. The fraction of sp³-hybridized carbons (Fsp3) is 0.174. The Morgan fingerprint density at radius 2 is 1.91 bits per heavy atom. The lowest BCUT2D eigenvalue weighted by Crippen LogP contribution is -2.13. The summed E-state index contributed by atoms with van der Waals surface area (Å²) in [4.78, 5) is 16.7. The maximum Gasteiger partial charge on any atom is 0.336 e. The van der Waals surface area contributed by atoms with Crippen molar-refractivity contribution in [2.24, 2.45) is 0 Å². The number of hydrogen-bond acceptors (Lipinski definition) is 6. The van der Waals surface area contributed by atoms with E-state index in [0.29, 0.717) is 42.8 Å². The molecule has 4 aromatic rings. The van der Waals surface area contributed by atoms with E-state index in [9.17, 15) is 9.18 Å². The van der Waals surface area contributed by atoms with E-state index in [2.05, 4.69) is 15.4 Å². The average molecular weight is 436 g/mol. The molecule has 9 heteroatoms. The van der Waals surface area contributed by atoms with E-state index in [1.54, 1.807) is 53.4 Å². The summed E-state index contributed by atoms with van der Waals surface area (Å²) in [7, 11) is 0. The first-order valence-corrected chi connectivity index (χ1v) is 10.0. The van der Waals surface area contributed by atoms with Gasteiger partial charge >= 0.3 is 6.01 Å². The quantitative estimate of drug-likeness (QED) is 0.393. The Labute approximate surface area is 183 Å². The van der Waals surface area contributed by atoms with Crippen LogP contribution >= 0.6 is 0 Å². The minimum Gasteiger partial charge on any atom is -0.461 e. The lowest BCUT2D eigenvalue weighted by molar-refractivity contribution is 0.102. The zero-order valence-corrected chi connectivity index (χ0v) is 17.3. The van der Waals surface area contributed by atoms with E-state index in [1.807, 2.05) is 6.92 Å². The Bertz CT molecular complexity index is 1170. The van der Waals surface area contributed by atoms with Gasteiger partial charge in [-0.3, -0.25) is 4.79 Å². The van der Waals surface area contributed by atoms with Crippen molar-refractivity contribution in [2.75, 3.05) is 25.1 Å². The highest BCUT2D eigenvalue weighted by Crippen LogP contribution is 2.25. The number of nitrogens with one attached hydrogen (secondary N) is 1. The van der Waals surface area contributed by atoms with E-state index in [-0.39, 0.29) is 11.6 Å². The Hall–Kier alpha value is -3.98. The number of carbonyl (C=O) groups is 1. The van der Waals surface area contributed by atoms with E-state index in [1.165, 1.54) is 18.2 Å². The molecule has 2 aromatic heterocycles. The van der Waals surface area contributed by atoms with E-state index >= 15 is 0 Å². The van der Waals surface area contributed by atoms with Gasteiger partial charge in [-0.25, -0.2) is 9.07 Å². The second-order valence-corrected chi connectivity index (χ2v) is 6.63. The molecule has 0 fully saturated rings. The maximum atomic E-state index is 13.8. The fourth-order valence-electron chi connectivity index (χ4n) is 2.97. The van der Waals surface area contributed by atoms with Crippen LogP contribution in [0.5, 0.6) is 6.01 Å². The van der Waals surface area contributed by atoms with Gasteiger partial charge in [-0.05, 0) is 55.5 Å². The Kier molecular flexibility index (Phi) is 6.57. The van der Waals surface area contributed by atoms with Gasteiger partial charge in [0.25, 0.3) is 5.91 Å². The molecule has 0 unspecified atom stereocenters. The number of anilines is 1. The number of furan rings is 1. The number of amides is 1. The predicted octanol–water partition coefficient (Wildman–Crippen LogP) is 4.33. The number of hydrogen-bond donors (Lipinski definition) is 1. The van der Waals surface area contributed by atoms with Gasteiger partial charge in [0.2, 0.25) is 5.82 Å². The minimum atomic E-state index is -0.579. The third kappa shape index (κ3) is 4.84. The molecule has 0 aliphatic heterocycles. The predicted molar refractivity (Wildman–Crippen MR) is 115 cm³/mol. The zero-order chi connectivity index (χ0) is 22.3. The Balaban J connectivity index is 1.54. The van der Waals surface area contributed by atoms with Crippen LogP contribution in [-0.2, 0) is 4.74 Å². The van der Waals surface area contributed by atoms with Crippen molar-refractivity contribution in [1.82, 2.24) is 14.8 Å². The molecule has 8 nitrogen and oxygen atoms in total. The molecule has 0 radical (unpaired) electrons. The summed E-state index contributed by atoms with van der Waals surface area (Å²) in [5.74, 6) is -0.124. The topological polar surface area (TPSA) is 91.4 Å². The highest BCUT2D eigenvalue weighted by Gasteiger charge is 2.17. The zero-order valence-electron chi connectivity index (χ0n) is 17.3. The highest BCUT2D eigenvalue weighted by atomic mass is 19.1. The van der Waals surface area contributed by atoms with E-state index in [4.69, 9.17) is 13.9 Å². The monoisotopic (exact) mass is 436 g/mol. The van der Waals surface area contributed by atoms with Gasteiger partial charge in [-0.1, -0.05) is 12.1 Å². The third-order valence-corrected chi connectivity index (χ3v) is 4.48. The molecule has 4 rings (SSSR count). The van der Waals surface area contributed by atoms with Crippen LogP contribution in [0, 0.1) is 5.82 Å². The lowest BCUT2D eigenvalue weighted by atomic mass is 10.2. The lowest BCUT2D eigenvalue weighted by Gasteiger charge is -2.08. The smallest absolute Gasteiger partial charge is 0.336 e.